The van der Waals surface area contributed by atoms with Gasteiger partial charge in [0.1, 0.15) is 5.75 Å². The van der Waals surface area contributed by atoms with Gasteiger partial charge in [0.05, 0.1) is 32.1 Å². The Kier molecular flexibility index (Phi) is 5.98. The summed E-state index contributed by atoms with van der Waals surface area (Å²) in [5.74, 6) is 0.870. The van der Waals surface area contributed by atoms with Crippen molar-refractivity contribution in [2.45, 2.75) is 38.8 Å². The molecule has 0 saturated carbocycles. The number of aryl methyl sites for hydroxylation is 2. The molecule has 2 rings (SSSR count). The molecule has 1 aromatic heterocycles. The van der Waals surface area contributed by atoms with E-state index in [1.165, 1.54) is 11.1 Å². The van der Waals surface area contributed by atoms with Crippen LogP contribution in [0.1, 0.15) is 35.8 Å². The van der Waals surface area contributed by atoms with Crippen LogP contribution in [0.15, 0.2) is 30.5 Å². The fraction of sp³-hybridized carbons (Fsp3) is 0.471. The molecule has 5 nitrogen and oxygen atoms in total. The minimum atomic E-state index is -0.549. The number of rotatable bonds is 8. The van der Waals surface area contributed by atoms with Crippen LogP contribution in [-0.2, 0) is 13.0 Å². The second-order valence-electron chi connectivity index (χ2n) is 5.40. The second kappa shape index (κ2) is 7.96. The minimum absolute atomic E-state index is 0.0203. The average molecular weight is 304 g/mol. The largest absolute Gasteiger partial charge is 0.497 e. The van der Waals surface area contributed by atoms with Crippen molar-refractivity contribution >= 4 is 0 Å². The molecule has 1 unspecified atom stereocenters. The number of aromatic nitrogens is 2. The first kappa shape index (κ1) is 16.5. The van der Waals surface area contributed by atoms with Gasteiger partial charge in [-0.2, -0.15) is 5.10 Å². The zero-order valence-electron chi connectivity index (χ0n) is 13.2. The average Bonchev–Trinajstić information content (AvgIpc) is 2.97. The van der Waals surface area contributed by atoms with E-state index in [2.05, 4.69) is 18.1 Å². The van der Waals surface area contributed by atoms with Gasteiger partial charge in [0.25, 0.3) is 0 Å². The molecular formula is C17H24N2O3. The van der Waals surface area contributed by atoms with Crippen molar-refractivity contribution in [3.63, 3.8) is 0 Å². The number of hydrogen-bond donors (Lipinski definition) is 2. The molecule has 0 fully saturated rings. The first-order chi connectivity index (χ1) is 10.7. The highest BCUT2D eigenvalue weighted by molar-refractivity contribution is 5.34. The fourth-order valence-corrected chi connectivity index (χ4v) is 2.62. The number of aliphatic hydroxyl groups is 2. The summed E-state index contributed by atoms with van der Waals surface area (Å²) in [4.78, 5) is 0. The van der Waals surface area contributed by atoms with E-state index in [-0.39, 0.29) is 6.61 Å². The third-order valence-electron chi connectivity index (χ3n) is 3.88. The van der Waals surface area contributed by atoms with E-state index in [0.29, 0.717) is 13.0 Å². The Balaban J connectivity index is 1.89. The van der Waals surface area contributed by atoms with E-state index in [9.17, 15) is 5.11 Å². The molecule has 120 valence electrons. The Morgan fingerprint density at radius 3 is 2.82 bits per heavy atom. The maximum absolute atomic E-state index is 10.3. The van der Waals surface area contributed by atoms with Gasteiger partial charge in [0.15, 0.2) is 0 Å². The van der Waals surface area contributed by atoms with Crippen molar-refractivity contribution in [2.75, 3.05) is 13.7 Å². The summed E-state index contributed by atoms with van der Waals surface area (Å²) in [7, 11) is 1.67. The first-order valence-electron chi connectivity index (χ1n) is 7.60. The Hall–Kier alpha value is -1.85. The van der Waals surface area contributed by atoms with Crippen molar-refractivity contribution in [1.29, 1.82) is 0 Å². The Labute approximate surface area is 131 Å². The minimum Gasteiger partial charge on any atom is -0.497 e. The van der Waals surface area contributed by atoms with Gasteiger partial charge in [-0.25, -0.2) is 0 Å². The first-order valence-corrected chi connectivity index (χ1v) is 7.60. The van der Waals surface area contributed by atoms with E-state index >= 15 is 0 Å². The molecule has 0 aliphatic heterocycles. The van der Waals surface area contributed by atoms with Crippen LogP contribution in [0, 0.1) is 6.92 Å². The lowest BCUT2D eigenvalue weighted by Gasteiger charge is -2.13. The van der Waals surface area contributed by atoms with Crippen LogP contribution in [0.3, 0.4) is 0 Å². The lowest BCUT2D eigenvalue weighted by molar-refractivity contribution is 0.150. The molecule has 0 saturated heterocycles. The second-order valence-corrected chi connectivity index (χ2v) is 5.40. The molecule has 0 aliphatic rings. The molecule has 0 amide bonds. The molecule has 1 aromatic carbocycles. The maximum Gasteiger partial charge on any atom is 0.119 e. The summed E-state index contributed by atoms with van der Waals surface area (Å²) in [5, 5.41) is 23.4. The molecule has 1 heterocycles. The number of methoxy groups -OCH3 is 1. The van der Waals surface area contributed by atoms with Gasteiger partial charge < -0.3 is 14.9 Å². The van der Waals surface area contributed by atoms with Crippen molar-refractivity contribution in [2.24, 2.45) is 0 Å². The maximum atomic E-state index is 10.3. The van der Waals surface area contributed by atoms with Gasteiger partial charge in [0.2, 0.25) is 0 Å². The van der Waals surface area contributed by atoms with Crippen LogP contribution < -0.4 is 4.74 Å². The van der Waals surface area contributed by atoms with Crippen LogP contribution in [0.25, 0.3) is 0 Å². The fourth-order valence-electron chi connectivity index (χ4n) is 2.62. The summed E-state index contributed by atoms with van der Waals surface area (Å²) < 4.78 is 6.86. The highest BCUT2D eigenvalue weighted by Gasteiger charge is 2.13. The van der Waals surface area contributed by atoms with Crippen molar-refractivity contribution in [3.05, 3.63) is 47.3 Å². The van der Waals surface area contributed by atoms with Crippen molar-refractivity contribution in [1.82, 2.24) is 9.78 Å². The van der Waals surface area contributed by atoms with Crippen molar-refractivity contribution in [3.8, 4) is 5.75 Å². The van der Waals surface area contributed by atoms with E-state index in [4.69, 9.17) is 9.84 Å². The molecule has 0 aliphatic carbocycles. The third-order valence-corrected chi connectivity index (χ3v) is 3.88. The van der Waals surface area contributed by atoms with E-state index in [1.807, 2.05) is 12.1 Å². The van der Waals surface area contributed by atoms with E-state index in [1.54, 1.807) is 24.1 Å². The Morgan fingerprint density at radius 1 is 1.32 bits per heavy atom. The molecule has 0 bridgehead atoms. The highest BCUT2D eigenvalue weighted by atomic mass is 16.5. The summed E-state index contributed by atoms with van der Waals surface area (Å²) in [6.45, 7) is 2.51. The normalized spacial score (nSPS) is 12.4. The topological polar surface area (TPSA) is 67.5 Å². The number of hydrogen-bond acceptors (Lipinski definition) is 4. The van der Waals surface area contributed by atoms with Gasteiger partial charge in [-0.3, -0.25) is 4.68 Å². The monoisotopic (exact) mass is 304 g/mol. The molecular weight excluding hydrogens is 280 g/mol. The number of aliphatic hydroxyl groups excluding tert-OH is 2. The Morgan fingerprint density at radius 2 is 2.14 bits per heavy atom. The zero-order chi connectivity index (χ0) is 15.9. The quantitative estimate of drug-likeness (QED) is 0.785. The van der Waals surface area contributed by atoms with Crippen molar-refractivity contribution < 1.29 is 14.9 Å². The Bertz CT molecular complexity index is 595. The van der Waals surface area contributed by atoms with Gasteiger partial charge in [0, 0.05) is 6.20 Å². The summed E-state index contributed by atoms with van der Waals surface area (Å²) in [5.41, 5.74) is 3.25. The highest BCUT2D eigenvalue weighted by Crippen LogP contribution is 2.22. The van der Waals surface area contributed by atoms with Crippen LogP contribution in [0.2, 0.25) is 0 Å². The third kappa shape index (κ3) is 4.08. The van der Waals surface area contributed by atoms with Gasteiger partial charge in [-0.15, -0.1) is 0 Å². The van der Waals surface area contributed by atoms with Crippen LogP contribution in [0.4, 0.5) is 0 Å². The van der Waals surface area contributed by atoms with Crippen LogP contribution in [-0.4, -0.2) is 33.7 Å². The standard InChI is InChI=1S/C17H24N2O3/c1-13-12-15(22-2)7-6-14(13)4-3-5-17(21)16-8-9-18-19(16)10-11-20/h6-9,12,17,20-21H,3-5,10-11H2,1-2H3. The van der Waals surface area contributed by atoms with E-state index < -0.39 is 6.10 Å². The molecule has 2 N–H and O–H groups in total. The van der Waals surface area contributed by atoms with Crippen LogP contribution >= 0.6 is 0 Å². The molecule has 22 heavy (non-hydrogen) atoms. The molecule has 5 heteroatoms. The van der Waals surface area contributed by atoms with E-state index in [0.717, 1.165) is 24.3 Å². The molecule has 1 atom stereocenters. The lowest BCUT2D eigenvalue weighted by Crippen LogP contribution is -2.11. The molecule has 2 aromatic rings. The lowest BCUT2D eigenvalue weighted by atomic mass is 10.0. The summed E-state index contributed by atoms with van der Waals surface area (Å²) in [6.07, 6.45) is 3.58. The zero-order valence-corrected chi connectivity index (χ0v) is 13.2. The smallest absolute Gasteiger partial charge is 0.119 e. The van der Waals surface area contributed by atoms with Crippen LogP contribution in [0.5, 0.6) is 5.75 Å². The van der Waals surface area contributed by atoms with Gasteiger partial charge in [-0.05, 0) is 55.5 Å². The summed E-state index contributed by atoms with van der Waals surface area (Å²) in [6, 6.07) is 7.88. The summed E-state index contributed by atoms with van der Waals surface area (Å²) >= 11 is 0. The number of benzene rings is 1. The molecule has 0 spiro atoms. The number of nitrogens with zero attached hydrogens (tertiary/aromatic N) is 2. The number of ether oxygens (including phenoxy) is 1. The van der Waals surface area contributed by atoms with Gasteiger partial charge in [-0.1, -0.05) is 6.07 Å². The predicted octanol–water partition coefficient (Wildman–Crippen LogP) is 2.25. The predicted molar refractivity (Wildman–Crippen MR) is 84.9 cm³/mol. The molecule has 0 radical (unpaired) electrons. The SMILES string of the molecule is COc1ccc(CCCC(O)c2ccnn2CCO)c(C)c1. The van der Waals surface area contributed by atoms with Gasteiger partial charge >= 0.3 is 0 Å².